The predicted octanol–water partition coefficient (Wildman–Crippen LogP) is 2.70. The van der Waals surface area contributed by atoms with Crippen LogP contribution in [-0.4, -0.2) is 11.7 Å². The van der Waals surface area contributed by atoms with Gasteiger partial charge in [-0.15, -0.1) is 0 Å². The quantitative estimate of drug-likeness (QED) is 0.734. The molecule has 1 N–H and O–H groups in total. The van der Waals surface area contributed by atoms with Gasteiger partial charge in [0.15, 0.2) is 0 Å². The van der Waals surface area contributed by atoms with E-state index in [0.717, 1.165) is 5.57 Å². The molecule has 0 unspecified atom stereocenters. The summed E-state index contributed by atoms with van der Waals surface area (Å²) in [6.45, 7) is 6.22. The Kier molecular flexibility index (Phi) is 3.26. The molecule has 0 saturated carbocycles. The highest BCUT2D eigenvalue weighted by atomic mass is 16.3. The van der Waals surface area contributed by atoms with Crippen LogP contribution in [0.4, 0.5) is 0 Å². The first-order chi connectivity index (χ1) is 6.13. The Labute approximate surface area is 79.7 Å². The molecule has 0 aliphatic heterocycles. The number of aryl methyl sites for hydroxylation is 2. The van der Waals surface area contributed by atoms with Gasteiger partial charge in [-0.05, 0) is 37.5 Å². The summed E-state index contributed by atoms with van der Waals surface area (Å²) in [5.74, 6) is 0. The molecule has 0 aliphatic carbocycles. The number of aliphatic hydroxyl groups is 1. The monoisotopic (exact) mass is 176 g/mol. The lowest BCUT2D eigenvalue weighted by Crippen LogP contribution is -1.87. The summed E-state index contributed by atoms with van der Waals surface area (Å²) < 4.78 is 0. The number of benzene rings is 1. The molecule has 0 saturated heterocycles. The van der Waals surface area contributed by atoms with Crippen LogP contribution in [0.5, 0.6) is 0 Å². The van der Waals surface area contributed by atoms with Crippen LogP contribution in [0.2, 0.25) is 0 Å². The van der Waals surface area contributed by atoms with Crippen molar-refractivity contribution in [3.05, 3.63) is 40.5 Å². The van der Waals surface area contributed by atoms with Gasteiger partial charge in [0, 0.05) is 0 Å². The Morgan fingerprint density at radius 3 is 2.69 bits per heavy atom. The van der Waals surface area contributed by atoms with Gasteiger partial charge in [0.2, 0.25) is 0 Å². The summed E-state index contributed by atoms with van der Waals surface area (Å²) in [7, 11) is 0. The fourth-order valence-electron chi connectivity index (χ4n) is 1.23. The maximum Gasteiger partial charge on any atom is 0.0642 e. The molecule has 1 aromatic carbocycles. The second-order valence-electron chi connectivity index (χ2n) is 3.51. The third-order valence-electron chi connectivity index (χ3n) is 2.09. The normalized spacial score (nSPS) is 11.8. The molecule has 1 rings (SSSR count). The Morgan fingerprint density at radius 2 is 2.08 bits per heavy atom. The minimum Gasteiger partial charge on any atom is -0.392 e. The van der Waals surface area contributed by atoms with Gasteiger partial charge in [-0.25, -0.2) is 0 Å². The van der Waals surface area contributed by atoms with E-state index in [1.165, 1.54) is 16.7 Å². The molecule has 13 heavy (non-hydrogen) atoms. The smallest absolute Gasteiger partial charge is 0.0642 e. The zero-order chi connectivity index (χ0) is 9.84. The lowest BCUT2D eigenvalue weighted by atomic mass is 10.0. The van der Waals surface area contributed by atoms with Gasteiger partial charge in [-0.1, -0.05) is 29.8 Å². The van der Waals surface area contributed by atoms with E-state index in [2.05, 4.69) is 32.0 Å². The molecule has 0 atom stereocenters. The molecule has 0 spiro atoms. The van der Waals surface area contributed by atoms with Crippen molar-refractivity contribution in [3.63, 3.8) is 0 Å². The summed E-state index contributed by atoms with van der Waals surface area (Å²) in [6, 6.07) is 6.33. The van der Waals surface area contributed by atoms with Crippen LogP contribution in [-0.2, 0) is 0 Å². The van der Waals surface area contributed by atoms with Crippen LogP contribution in [0.15, 0.2) is 23.8 Å². The number of rotatable bonds is 2. The maximum atomic E-state index is 8.89. The topological polar surface area (TPSA) is 20.2 Å². The minimum absolute atomic E-state index is 0.132. The molecule has 70 valence electrons. The first kappa shape index (κ1) is 10.0. The summed E-state index contributed by atoms with van der Waals surface area (Å²) in [6.07, 6.45) is 2.03. The molecular formula is C12H16O. The summed E-state index contributed by atoms with van der Waals surface area (Å²) >= 11 is 0. The van der Waals surface area contributed by atoms with Crippen LogP contribution in [0.1, 0.15) is 23.6 Å². The summed E-state index contributed by atoms with van der Waals surface area (Å²) in [5, 5.41) is 8.89. The van der Waals surface area contributed by atoms with Gasteiger partial charge in [0.25, 0.3) is 0 Å². The third-order valence-corrected chi connectivity index (χ3v) is 2.09. The average Bonchev–Trinajstić information content (AvgIpc) is 2.11. The molecule has 0 bridgehead atoms. The van der Waals surface area contributed by atoms with Gasteiger partial charge in [0.05, 0.1) is 6.61 Å². The average molecular weight is 176 g/mol. The molecule has 1 heteroatoms. The van der Waals surface area contributed by atoms with Gasteiger partial charge in [0.1, 0.15) is 0 Å². The molecule has 0 fully saturated rings. The molecule has 1 aromatic rings. The molecular weight excluding hydrogens is 160 g/mol. The van der Waals surface area contributed by atoms with Gasteiger partial charge in [-0.2, -0.15) is 0 Å². The first-order valence-electron chi connectivity index (χ1n) is 4.49. The van der Waals surface area contributed by atoms with Crippen molar-refractivity contribution in [2.45, 2.75) is 20.8 Å². The lowest BCUT2D eigenvalue weighted by molar-refractivity contribution is 0.332. The molecule has 0 aromatic heterocycles. The van der Waals surface area contributed by atoms with E-state index >= 15 is 0 Å². The van der Waals surface area contributed by atoms with Crippen molar-refractivity contribution in [1.82, 2.24) is 0 Å². The number of hydrogen-bond acceptors (Lipinski definition) is 1. The van der Waals surface area contributed by atoms with Crippen LogP contribution >= 0.6 is 0 Å². The highest BCUT2D eigenvalue weighted by molar-refractivity contribution is 5.57. The summed E-state index contributed by atoms with van der Waals surface area (Å²) in [4.78, 5) is 0. The van der Waals surface area contributed by atoms with Crippen molar-refractivity contribution >= 4 is 6.08 Å². The fraction of sp³-hybridized carbons (Fsp3) is 0.333. The fourth-order valence-corrected chi connectivity index (χ4v) is 1.23. The van der Waals surface area contributed by atoms with E-state index in [1.54, 1.807) is 0 Å². The Bertz CT molecular complexity index is 324. The first-order valence-corrected chi connectivity index (χ1v) is 4.49. The summed E-state index contributed by atoms with van der Waals surface area (Å²) in [5.41, 5.74) is 4.70. The van der Waals surface area contributed by atoms with Crippen molar-refractivity contribution in [2.24, 2.45) is 0 Å². The van der Waals surface area contributed by atoms with E-state index < -0.39 is 0 Å². The Balaban J connectivity index is 3.07. The van der Waals surface area contributed by atoms with Crippen LogP contribution in [0.3, 0.4) is 0 Å². The van der Waals surface area contributed by atoms with Crippen molar-refractivity contribution in [3.8, 4) is 0 Å². The second-order valence-corrected chi connectivity index (χ2v) is 3.51. The molecule has 0 amide bonds. The van der Waals surface area contributed by atoms with Crippen LogP contribution < -0.4 is 0 Å². The largest absolute Gasteiger partial charge is 0.392 e. The minimum atomic E-state index is 0.132. The SMILES string of the molecule is CC(=Cc1cc(C)ccc1C)CO. The van der Waals surface area contributed by atoms with Gasteiger partial charge in [-0.3, -0.25) is 0 Å². The number of aliphatic hydroxyl groups excluding tert-OH is 1. The molecule has 0 aliphatic rings. The zero-order valence-corrected chi connectivity index (χ0v) is 8.46. The van der Waals surface area contributed by atoms with E-state index in [0.29, 0.717) is 0 Å². The Hall–Kier alpha value is -1.08. The van der Waals surface area contributed by atoms with Crippen LogP contribution in [0, 0.1) is 13.8 Å². The second kappa shape index (κ2) is 4.24. The molecule has 0 radical (unpaired) electrons. The highest BCUT2D eigenvalue weighted by Crippen LogP contribution is 2.14. The van der Waals surface area contributed by atoms with E-state index in [9.17, 15) is 0 Å². The zero-order valence-electron chi connectivity index (χ0n) is 8.46. The Morgan fingerprint density at radius 1 is 1.38 bits per heavy atom. The lowest BCUT2D eigenvalue weighted by Gasteiger charge is -2.03. The van der Waals surface area contributed by atoms with Gasteiger partial charge < -0.3 is 5.11 Å². The van der Waals surface area contributed by atoms with E-state index in [4.69, 9.17) is 5.11 Å². The van der Waals surface area contributed by atoms with Crippen molar-refractivity contribution in [1.29, 1.82) is 0 Å². The standard InChI is InChI=1S/C12H16O/c1-9-4-5-11(3)12(6-9)7-10(2)8-13/h4-7,13H,8H2,1-3H3. The van der Waals surface area contributed by atoms with Crippen molar-refractivity contribution in [2.75, 3.05) is 6.61 Å². The number of hydrogen-bond donors (Lipinski definition) is 1. The van der Waals surface area contributed by atoms with Gasteiger partial charge >= 0.3 is 0 Å². The predicted molar refractivity (Wildman–Crippen MR) is 56.7 cm³/mol. The molecule has 1 nitrogen and oxygen atoms in total. The van der Waals surface area contributed by atoms with E-state index in [-0.39, 0.29) is 6.61 Å². The van der Waals surface area contributed by atoms with Crippen molar-refractivity contribution < 1.29 is 5.11 Å². The third kappa shape index (κ3) is 2.71. The maximum absolute atomic E-state index is 8.89. The molecule has 0 heterocycles. The van der Waals surface area contributed by atoms with E-state index in [1.807, 2.05) is 13.0 Å². The van der Waals surface area contributed by atoms with Crippen LogP contribution in [0.25, 0.3) is 6.08 Å². The highest BCUT2D eigenvalue weighted by Gasteiger charge is 1.95.